The van der Waals surface area contributed by atoms with Crippen LogP contribution in [0.5, 0.6) is 0 Å². The molecule has 0 aromatic carbocycles. The second kappa shape index (κ2) is 12.5. The molecule has 0 saturated carbocycles. The van der Waals surface area contributed by atoms with Crippen molar-refractivity contribution in [1.82, 2.24) is 0 Å². The zero-order chi connectivity index (χ0) is 14.4. The molecular weight excluding hydrogens is 248 g/mol. The molecule has 0 aliphatic heterocycles. The van der Waals surface area contributed by atoms with Crippen molar-refractivity contribution in [3.05, 3.63) is 24.5 Å². The van der Waals surface area contributed by atoms with Crippen LogP contribution >= 0.6 is 0 Å². The first kappa shape index (κ1) is 18.5. The number of unbranched alkanes of at least 4 members (excludes halogenated alkanes) is 8. The van der Waals surface area contributed by atoms with Crippen LogP contribution < -0.4 is 0 Å². The Morgan fingerprint density at radius 1 is 0.789 bits per heavy atom. The van der Waals surface area contributed by atoms with Gasteiger partial charge in [0.25, 0.3) is 0 Å². The first-order valence-electron chi connectivity index (χ1n) is 8.06. The summed E-state index contributed by atoms with van der Waals surface area (Å²) in [5.74, 6) is 0. The van der Waals surface area contributed by atoms with Gasteiger partial charge in [-0.05, 0) is 38.6 Å². The summed E-state index contributed by atoms with van der Waals surface area (Å²) < 4.78 is 5.63. The number of hydrogen-bond donors (Lipinski definition) is 0. The molecule has 0 spiro atoms. The minimum absolute atomic E-state index is 1.20. The Morgan fingerprint density at radius 3 is 1.95 bits per heavy atom. The molecule has 0 saturated heterocycles. The molecule has 0 fully saturated rings. The third-order valence-corrected chi connectivity index (χ3v) is 3.81. The largest absolute Gasteiger partial charge is 0.550 e. The Bertz CT molecular complexity index is 238. The first-order chi connectivity index (χ1) is 9.06. The maximum atomic E-state index is 5.63. The van der Waals surface area contributed by atoms with Gasteiger partial charge >= 0.3 is 0 Å². The van der Waals surface area contributed by atoms with Crippen molar-refractivity contribution in [2.45, 2.75) is 84.4 Å². The molecule has 112 valence electrons. The Hall–Kier alpha value is -0.503. The van der Waals surface area contributed by atoms with Gasteiger partial charge in [0.2, 0.25) is 8.32 Å². The molecular formula is C17H34OSi. The maximum Gasteiger partial charge on any atom is 0.241 e. The highest BCUT2D eigenvalue weighted by atomic mass is 28.4. The van der Waals surface area contributed by atoms with Gasteiger partial charge in [-0.25, -0.2) is 0 Å². The van der Waals surface area contributed by atoms with Crippen LogP contribution in [0.15, 0.2) is 24.5 Å². The molecule has 19 heavy (non-hydrogen) atoms. The highest BCUT2D eigenvalue weighted by molar-refractivity contribution is 6.69. The van der Waals surface area contributed by atoms with E-state index in [1.165, 1.54) is 57.8 Å². The molecule has 0 aromatic heterocycles. The van der Waals surface area contributed by atoms with E-state index in [9.17, 15) is 0 Å². The highest BCUT2D eigenvalue weighted by Crippen LogP contribution is 2.09. The van der Waals surface area contributed by atoms with Crippen molar-refractivity contribution in [2.24, 2.45) is 0 Å². The van der Waals surface area contributed by atoms with E-state index in [-0.39, 0.29) is 0 Å². The molecule has 2 heteroatoms. The van der Waals surface area contributed by atoms with Crippen LogP contribution in [0.2, 0.25) is 19.6 Å². The van der Waals surface area contributed by atoms with Crippen molar-refractivity contribution in [2.75, 3.05) is 0 Å². The fourth-order valence-electron chi connectivity index (χ4n) is 1.86. The standard InChI is InChI=1S/C17H34OSi/c1-5-6-7-8-9-10-11-12-13-14-15-16-17-18-19(2,3)4/h14-17H,5-13H2,1-4H3. The fourth-order valence-corrected chi connectivity index (χ4v) is 2.35. The van der Waals surface area contributed by atoms with E-state index in [0.29, 0.717) is 0 Å². The van der Waals surface area contributed by atoms with E-state index in [1.54, 1.807) is 0 Å². The van der Waals surface area contributed by atoms with Crippen LogP contribution in [0.3, 0.4) is 0 Å². The summed E-state index contributed by atoms with van der Waals surface area (Å²) in [5, 5.41) is 0. The summed E-state index contributed by atoms with van der Waals surface area (Å²) in [6.07, 6.45) is 20.6. The summed E-state index contributed by atoms with van der Waals surface area (Å²) in [4.78, 5) is 0. The Labute approximate surface area is 122 Å². The van der Waals surface area contributed by atoms with Gasteiger partial charge in [0.1, 0.15) is 0 Å². The van der Waals surface area contributed by atoms with Gasteiger partial charge in [-0.3, -0.25) is 0 Å². The molecule has 0 amide bonds. The van der Waals surface area contributed by atoms with Crippen molar-refractivity contribution in [3.8, 4) is 0 Å². The second-order valence-corrected chi connectivity index (χ2v) is 10.7. The predicted molar refractivity (Wildman–Crippen MR) is 89.9 cm³/mol. The number of hydrogen-bond acceptors (Lipinski definition) is 1. The van der Waals surface area contributed by atoms with E-state index < -0.39 is 8.32 Å². The molecule has 0 heterocycles. The van der Waals surface area contributed by atoms with Crippen LogP contribution in [0, 0.1) is 0 Å². The molecule has 1 nitrogen and oxygen atoms in total. The minimum Gasteiger partial charge on any atom is -0.550 e. The van der Waals surface area contributed by atoms with E-state index in [1.807, 2.05) is 12.3 Å². The zero-order valence-electron chi connectivity index (χ0n) is 13.6. The highest BCUT2D eigenvalue weighted by Gasteiger charge is 2.12. The Kier molecular flexibility index (Phi) is 12.2. The normalized spacial score (nSPS) is 12.6. The Morgan fingerprint density at radius 2 is 1.37 bits per heavy atom. The first-order valence-corrected chi connectivity index (χ1v) is 11.5. The van der Waals surface area contributed by atoms with E-state index in [2.05, 4.69) is 38.7 Å². The maximum absolute atomic E-state index is 5.63. The topological polar surface area (TPSA) is 9.23 Å². The third-order valence-electron chi connectivity index (χ3n) is 2.97. The Balaban J connectivity index is 3.25. The van der Waals surface area contributed by atoms with Gasteiger partial charge in [-0.1, -0.05) is 64.0 Å². The van der Waals surface area contributed by atoms with Gasteiger partial charge in [0.15, 0.2) is 0 Å². The molecule has 0 aliphatic rings. The van der Waals surface area contributed by atoms with Gasteiger partial charge in [0, 0.05) is 0 Å². The fraction of sp³-hybridized carbons (Fsp3) is 0.765. The number of rotatable bonds is 12. The number of allylic oxidation sites excluding steroid dienone is 3. The molecule has 0 N–H and O–H groups in total. The average molecular weight is 283 g/mol. The summed E-state index contributed by atoms with van der Waals surface area (Å²) in [7, 11) is -1.38. The van der Waals surface area contributed by atoms with Crippen molar-refractivity contribution >= 4 is 8.32 Å². The van der Waals surface area contributed by atoms with Crippen LogP contribution in [-0.4, -0.2) is 8.32 Å². The third kappa shape index (κ3) is 17.5. The molecule has 0 radical (unpaired) electrons. The molecule has 0 aliphatic carbocycles. The van der Waals surface area contributed by atoms with Gasteiger partial charge in [-0.15, -0.1) is 0 Å². The van der Waals surface area contributed by atoms with Crippen molar-refractivity contribution in [3.63, 3.8) is 0 Å². The van der Waals surface area contributed by atoms with Crippen molar-refractivity contribution in [1.29, 1.82) is 0 Å². The lowest BCUT2D eigenvalue weighted by Crippen LogP contribution is -2.21. The summed E-state index contributed by atoms with van der Waals surface area (Å²) in [6.45, 7) is 8.86. The SMILES string of the molecule is CCCCCCCCCCC=CC=CO[Si](C)(C)C. The van der Waals surface area contributed by atoms with Crippen LogP contribution in [0.1, 0.15) is 64.7 Å². The predicted octanol–water partition coefficient (Wildman–Crippen LogP) is 6.44. The van der Waals surface area contributed by atoms with Gasteiger partial charge in [-0.2, -0.15) is 0 Å². The van der Waals surface area contributed by atoms with Crippen LogP contribution in [-0.2, 0) is 4.43 Å². The van der Waals surface area contributed by atoms with E-state index in [4.69, 9.17) is 4.43 Å². The quantitative estimate of drug-likeness (QED) is 0.173. The minimum atomic E-state index is -1.38. The summed E-state index contributed by atoms with van der Waals surface area (Å²) >= 11 is 0. The van der Waals surface area contributed by atoms with Crippen LogP contribution in [0.4, 0.5) is 0 Å². The van der Waals surface area contributed by atoms with Crippen LogP contribution in [0.25, 0.3) is 0 Å². The van der Waals surface area contributed by atoms with Gasteiger partial charge < -0.3 is 4.43 Å². The monoisotopic (exact) mass is 282 g/mol. The zero-order valence-corrected chi connectivity index (χ0v) is 14.6. The molecule has 0 atom stereocenters. The lowest BCUT2D eigenvalue weighted by atomic mass is 10.1. The lowest BCUT2D eigenvalue weighted by molar-refractivity contribution is 0.479. The van der Waals surface area contributed by atoms with Crippen molar-refractivity contribution < 1.29 is 4.43 Å². The second-order valence-electron chi connectivity index (χ2n) is 6.25. The van der Waals surface area contributed by atoms with E-state index in [0.717, 1.165) is 0 Å². The smallest absolute Gasteiger partial charge is 0.241 e. The molecule has 0 unspecified atom stereocenters. The summed E-state index contributed by atoms with van der Waals surface area (Å²) in [5.41, 5.74) is 0. The average Bonchev–Trinajstić information content (AvgIpc) is 2.34. The van der Waals surface area contributed by atoms with E-state index >= 15 is 0 Å². The molecule has 0 rings (SSSR count). The van der Waals surface area contributed by atoms with Gasteiger partial charge in [0.05, 0.1) is 6.26 Å². The molecule has 0 aromatic rings. The lowest BCUT2D eigenvalue weighted by Gasteiger charge is -2.14. The molecule has 0 bridgehead atoms. The summed E-state index contributed by atoms with van der Waals surface area (Å²) in [6, 6.07) is 0.